The smallest absolute Gasteiger partial charge is 0.0663 e. The molecule has 0 unspecified atom stereocenters. The zero-order valence-electron chi connectivity index (χ0n) is 11.2. The molecule has 1 aliphatic heterocycles. The molecule has 0 amide bonds. The molecule has 0 aromatic heterocycles. The number of nitrogens with zero attached hydrogens (tertiary/aromatic N) is 1. The third-order valence-electron chi connectivity index (χ3n) is 2.58. The molecule has 0 aromatic rings. The van der Waals surface area contributed by atoms with Crippen LogP contribution in [0, 0.1) is 5.41 Å². The molecular formula is C12H25N3. The average Bonchev–Trinajstić information content (AvgIpc) is 2.17. The van der Waals surface area contributed by atoms with E-state index < -0.39 is 0 Å². The van der Waals surface area contributed by atoms with Crippen LogP contribution >= 0.6 is 0 Å². The van der Waals surface area contributed by atoms with Crippen molar-refractivity contribution in [2.24, 2.45) is 10.4 Å². The summed E-state index contributed by atoms with van der Waals surface area (Å²) in [6.07, 6.45) is 0. The van der Waals surface area contributed by atoms with Crippen molar-refractivity contribution in [2.75, 3.05) is 6.54 Å². The Hall–Kier alpha value is -0.410. The van der Waals surface area contributed by atoms with E-state index >= 15 is 0 Å². The Bertz CT molecular complexity index is 251. The van der Waals surface area contributed by atoms with Crippen molar-refractivity contribution >= 4 is 5.71 Å². The van der Waals surface area contributed by atoms with Gasteiger partial charge in [-0.25, -0.2) is 10.9 Å². The average molecular weight is 211 g/mol. The van der Waals surface area contributed by atoms with Crippen molar-refractivity contribution in [3.8, 4) is 0 Å². The van der Waals surface area contributed by atoms with E-state index in [9.17, 15) is 0 Å². The predicted octanol–water partition coefficient (Wildman–Crippen LogP) is 2.14. The maximum Gasteiger partial charge on any atom is 0.0663 e. The Balaban J connectivity index is 2.90. The molecule has 2 N–H and O–H groups in total. The van der Waals surface area contributed by atoms with Gasteiger partial charge in [-0.2, -0.15) is 0 Å². The van der Waals surface area contributed by atoms with Crippen LogP contribution in [-0.2, 0) is 0 Å². The molecule has 3 nitrogen and oxygen atoms in total. The summed E-state index contributed by atoms with van der Waals surface area (Å²) in [4.78, 5) is 4.79. The second-order valence-corrected chi connectivity index (χ2v) is 6.73. The Morgan fingerprint density at radius 3 is 1.73 bits per heavy atom. The quantitative estimate of drug-likeness (QED) is 0.697. The van der Waals surface area contributed by atoms with Gasteiger partial charge in [0.25, 0.3) is 0 Å². The zero-order valence-corrected chi connectivity index (χ0v) is 11.2. The van der Waals surface area contributed by atoms with Crippen LogP contribution in [-0.4, -0.2) is 23.3 Å². The summed E-state index contributed by atoms with van der Waals surface area (Å²) in [5.41, 5.74) is 7.95. The summed E-state index contributed by atoms with van der Waals surface area (Å²) < 4.78 is 0. The van der Waals surface area contributed by atoms with Crippen LogP contribution in [0.5, 0.6) is 0 Å². The topological polar surface area (TPSA) is 36.4 Å². The number of nitrogens with one attached hydrogen (secondary N) is 2. The van der Waals surface area contributed by atoms with Gasteiger partial charge in [0.2, 0.25) is 0 Å². The Labute approximate surface area is 93.7 Å². The lowest BCUT2D eigenvalue weighted by atomic mass is 9.87. The lowest BCUT2D eigenvalue weighted by molar-refractivity contribution is 0.427. The highest BCUT2D eigenvalue weighted by molar-refractivity contribution is 6.01. The molecular weight excluding hydrogens is 186 g/mol. The van der Waals surface area contributed by atoms with Crippen LogP contribution in [0.1, 0.15) is 48.5 Å². The summed E-state index contributed by atoms with van der Waals surface area (Å²) in [6, 6.07) is 0. The first-order valence-corrected chi connectivity index (χ1v) is 5.64. The minimum atomic E-state index is -0.0469. The molecule has 0 radical (unpaired) electrons. The van der Waals surface area contributed by atoms with Crippen molar-refractivity contribution in [1.82, 2.24) is 10.9 Å². The van der Waals surface area contributed by atoms with E-state index in [-0.39, 0.29) is 16.5 Å². The first-order chi connectivity index (χ1) is 6.55. The lowest BCUT2D eigenvalue weighted by Crippen LogP contribution is -2.42. The summed E-state index contributed by atoms with van der Waals surface area (Å²) in [7, 11) is 0. The highest BCUT2D eigenvalue weighted by Crippen LogP contribution is 2.24. The Morgan fingerprint density at radius 2 is 1.40 bits per heavy atom. The van der Waals surface area contributed by atoms with E-state index in [0.29, 0.717) is 0 Å². The lowest BCUT2D eigenvalue weighted by Gasteiger charge is -2.25. The molecule has 1 heterocycles. The van der Waals surface area contributed by atoms with E-state index in [1.165, 1.54) is 5.71 Å². The number of hydrogen-bond acceptors (Lipinski definition) is 3. The summed E-state index contributed by atoms with van der Waals surface area (Å²) in [5, 5.41) is 0. The van der Waals surface area contributed by atoms with E-state index in [0.717, 1.165) is 6.54 Å². The van der Waals surface area contributed by atoms with Gasteiger partial charge >= 0.3 is 0 Å². The molecule has 0 saturated carbocycles. The molecule has 1 aliphatic rings. The molecule has 15 heavy (non-hydrogen) atoms. The number of hydrazine groups is 1. The number of aliphatic imine (C=N–C) groups is 1. The van der Waals surface area contributed by atoms with Gasteiger partial charge < -0.3 is 0 Å². The molecule has 88 valence electrons. The molecule has 1 fully saturated rings. The maximum atomic E-state index is 4.79. The first-order valence-electron chi connectivity index (χ1n) is 5.64. The van der Waals surface area contributed by atoms with Crippen LogP contribution in [0.4, 0.5) is 0 Å². The second kappa shape index (κ2) is 3.56. The van der Waals surface area contributed by atoms with Crippen LogP contribution in [0.15, 0.2) is 4.99 Å². The molecule has 0 atom stereocenters. The van der Waals surface area contributed by atoms with Crippen LogP contribution in [0.3, 0.4) is 0 Å². The molecule has 0 aliphatic carbocycles. The van der Waals surface area contributed by atoms with Crippen molar-refractivity contribution in [3.63, 3.8) is 0 Å². The summed E-state index contributed by atoms with van der Waals surface area (Å²) >= 11 is 0. The van der Waals surface area contributed by atoms with Crippen molar-refractivity contribution in [1.29, 1.82) is 0 Å². The van der Waals surface area contributed by atoms with Crippen LogP contribution < -0.4 is 10.9 Å². The third-order valence-corrected chi connectivity index (χ3v) is 2.58. The normalized spacial score (nSPS) is 24.3. The number of rotatable bonds is 1. The van der Waals surface area contributed by atoms with Crippen LogP contribution in [0.2, 0.25) is 0 Å². The van der Waals surface area contributed by atoms with Crippen LogP contribution in [0.25, 0.3) is 0 Å². The molecule has 0 spiro atoms. The molecule has 1 saturated heterocycles. The van der Waals surface area contributed by atoms with E-state index in [1.54, 1.807) is 0 Å². The Morgan fingerprint density at radius 1 is 1.00 bits per heavy atom. The van der Waals surface area contributed by atoms with Crippen molar-refractivity contribution < 1.29 is 0 Å². The summed E-state index contributed by atoms with van der Waals surface area (Å²) in [5.74, 6) is 0. The molecule has 0 bridgehead atoms. The molecule has 3 heteroatoms. The van der Waals surface area contributed by atoms with Gasteiger partial charge in [0.1, 0.15) is 0 Å². The highest BCUT2D eigenvalue weighted by Gasteiger charge is 2.43. The number of hydrogen-bond donors (Lipinski definition) is 2. The standard InChI is InChI=1S/C12H25N3/c1-10(2,3)8-13-9-11(4,5)14-15-12(9,6)7/h14-15H,8H2,1-7H3. The largest absolute Gasteiger partial charge is 0.290 e. The van der Waals surface area contributed by atoms with E-state index in [1.807, 2.05) is 0 Å². The molecule has 0 aromatic carbocycles. The second-order valence-electron chi connectivity index (χ2n) is 6.73. The highest BCUT2D eigenvalue weighted by atomic mass is 15.5. The van der Waals surface area contributed by atoms with Crippen molar-refractivity contribution in [3.05, 3.63) is 0 Å². The van der Waals surface area contributed by atoms with Gasteiger partial charge in [0, 0.05) is 6.54 Å². The predicted molar refractivity (Wildman–Crippen MR) is 66.2 cm³/mol. The van der Waals surface area contributed by atoms with Gasteiger partial charge in [0.15, 0.2) is 0 Å². The van der Waals surface area contributed by atoms with E-state index in [2.05, 4.69) is 59.3 Å². The SMILES string of the molecule is CC(C)(C)CN=C1C(C)(C)NNC1(C)C. The first kappa shape index (κ1) is 12.7. The van der Waals surface area contributed by atoms with Gasteiger partial charge in [-0.05, 0) is 33.1 Å². The minimum Gasteiger partial charge on any atom is -0.290 e. The molecule has 1 rings (SSSR count). The van der Waals surface area contributed by atoms with Gasteiger partial charge in [-0.3, -0.25) is 4.99 Å². The fraction of sp³-hybridized carbons (Fsp3) is 0.917. The minimum absolute atomic E-state index is 0.0469. The van der Waals surface area contributed by atoms with E-state index in [4.69, 9.17) is 4.99 Å². The van der Waals surface area contributed by atoms with Gasteiger partial charge in [-0.15, -0.1) is 0 Å². The third kappa shape index (κ3) is 3.02. The monoisotopic (exact) mass is 211 g/mol. The summed E-state index contributed by atoms with van der Waals surface area (Å²) in [6.45, 7) is 16.2. The fourth-order valence-electron chi connectivity index (χ4n) is 1.92. The van der Waals surface area contributed by atoms with Gasteiger partial charge in [-0.1, -0.05) is 20.8 Å². The fourth-order valence-corrected chi connectivity index (χ4v) is 1.92. The Kier molecular flexibility index (Phi) is 3.01. The van der Waals surface area contributed by atoms with Crippen molar-refractivity contribution in [2.45, 2.75) is 59.5 Å². The maximum absolute atomic E-state index is 4.79. The van der Waals surface area contributed by atoms with Gasteiger partial charge in [0.05, 0.1) is 16.8 Å². The zero-order chi connectivity index (χ0) is 11.9.